The van der Waals surface area contributed by atoms with Gasteiger partial charge in [-0.1, -0.05) is 57.0 Å². The fourth-order valence-electron chi connectivity index (χ4n) is 2.30. The van der Waals surface area contributed by atoms with Gasteiger partial charge in [0.2, 0.25) is 0 Å². The van der Waals surface area contributed by atoms with Gasteiger partial charge in [-0.25, -0.2) is 0 Å². The minimum atomic E-state index is 0.646. The molecule has 90 valence electrons. The van der Waals surface area contributed by atoms with Gasteiger partial charge in [-0.05, 0) is 36.8 Å². The zero-order chi connectivity index (χ0) is 11.8. The third kappa shape index (κ3) is 4.36. The van der Waals surface area contributed by atoms with Crippen molar-refractivity contribution in [1.29, 1.82) is 0 Å². The molecule has 1 atom stereocenters. The molecule has 0 bridgehead atoms. The number of benzene rings is 1. The highest BCUT2D eigenvalue weighted by molar-refractivity contribution is 5.15. The highest BCUT2D eigenvalue weighted by atomic mass is 14.5. The van der Waals surface area contributed by atoms with Crippen LogP contribution in [0.1, 0.15) is 38.7 Å². The topological polar surface area (TPSA) is 26.0 Å². The van der Waals surface area contributed by atoms with Crippen LogP contribution in [0.15, 0.2) is 30.3 Å². The average molecular weight is 219 g/mol. The Morgan fingerprint density at radius 1 is 1.00 bits per heavy atom. The molecule has 16 heavy (non-hydrogen) atoms. The molecule has 1 rings (SSSR count). The van der Waals surface area contributed by atoms with E-state index in [-0.39, 0.29) is 0 Å². The van der Waals surface area contributed by atoms with Crippen molar-refractivity contribution in [3.05, 3.63) is 35.9 Å². The van der Waals surface area contributed by atoms with Gasteiger partial charge in [0.15, 0.2) is 0 Å². The molecule has 0 aliphatic carbocycles. The summed E-state index contributed by atoms with van der Waals surface area (Å²) in [6.45, 7) is 5.37. The monoisotopic (exact) mass is 219 g/mol. The van der Waals surface area contributed by atoms with Gasteiger partial charge in [-0.2, -0.15) is 0 Å². The first-order valence-electron chi connectivity index (χ1n) is 6.54. The Morgan fingerprint density at radius 3 is 2.12 bits per heavy atom. The van der Waals surface area contributed by atoms with E-state index >= 15 is 0 Å². The first-order valence-corrected chi connectivity index (χ1v) is 6.54. The summed E-state index contributed by atoms with van der Waals surface area (Å²) >= 11 is 0. The molecule has 1 heteroatoms. The highest BCUT2D eigenvalue weighted by Gasteiger charge is 2.13. The molecule has 0 aliphatic heterocycles. The van der Waals surface area contributed by atoms with Crippen molar-refractivity contribution in [2.75, 3.05) is 6.54 Å². The Balaban J connectivity index is 2.49. The normalized spacial score (nSPS) is 13.0. The largest absolute Gasteiger partial charge is 0.330 e. The van der Waals surface area contributed by atoms with Gasteiger partial charge in [-0.15, -0.1) is 0 Å². The lowest BCUT2D eigenvalue weighted by Crippen LogP contribution is -2.20. The van der Waals surface area contributed by atoms with Crippen LogP contribution in [0.5, 0.6) is 0 Å². The standard InChI is InChI=1S/C15H25N/c1-3-13(4-2)10-15(12-16)11-14-8-6-5-7-9-14/h5-9,13,15H,3-4,10-12,16H2,1-2H3. The van der Waals surface area contributed by atoms with Crippen molar-refractivity contribution in [3.8, 4) is 0 Å². The lowest BCUT2D eigenvalue weighted by Gasteiger charge is -2.20. The van der Waals surface area contributed by atoms with E-state index in [2.05, 4.69) is 44.2 Å². The van der Waals surface area contributed by atoms with Gasteiger partial charge in [0.05, 0.1) is 0 Å². The number of hydrogen-bond donors (Lipinski definition) is 1. The molecule has 0 aromatic heterocycles. The lowest BCUT2D eigenvalue weighted by atomic mass is 9.87. The van der Waals surface area contributed by atoms with E-state index in [1.165, 1.54) is 24.8 Å². The average Bonchev–Trinajstić information content (AvgIpc) is 2.35. The van der Waals surface area contributed by atoms with E-state index < -0.39 is 0 Å². The fourth-order valence-corrected chi connectivity index (χ4v) is 2.30. The third-order valence-electron chi connectivity index (χ3n) is 3.52. The number of nitrogens with two attached hydrogens (primary N) is 1. The van der Waals surface area contributed by atoms with Crippen LogP contribution in [0.3, 0.4) is 0 Å². The van der Waals surface area contributed by atoms with Crippen molar-refractivity contribution < 1.29 is 0 Å². The molecular weight excluding hydrogens is 194 g/mol. The van der Waals surface area contributed by atoms with Crippen LogP contribution in [0.25, 0.3) is 0 Å². The SMILES string of the molecule is CCC(CC)CC(CN)Cc1ccccc1. The van der Waals surface area contributed by atoms with E-state index in [0.29, 0.717) is 5.92 Å². The molecule has 0 amide bonds. The Bertz CT molecular complexity index is 264. The second-order valence-corrected chi connectivity index (χ2v) is 4.71. The first kappa shape index (κ1) is 13.2. The van der Waals surface area contributed by atoms with Crippen LogP contribution < -0.4 is 5.73 Å². The minimum Gasteiger partial charge on any atom is -0.330 e. The Hall–Kier alpha value is -0.820. The molecule has 0 radical (unpaired) electrons. The number of rotatable bonds is 7. The Morgan fingerprint density at radius 2 is 1.62 bits per heavy atom. The summed E-state index contributed by atoms with van der Waals surface area (Å²) in [6, 6.07) is 10.7. The molecule has 1 nitrogen and oxygen atoms in total. The molecule has 1 aromatic carbocycles. The summed E-state index contributed by atoms with van der Waals surface area (Å²) in [5, 5.41) is 0. The van der Waals surface area contributed by atoms with E-state index in [1.807, 2.05) is 0 Å². The third-order valence-corrected chi connectivity index (χ3v) is 3.52. The highest BCUT2D eigenvalue weighted by Crippen LogP contribution is 2.21. The maximum absolute atomic E-state index is 5.88. The molecule has 0 saturated carbocycles. The molecule has 0 spiro atoms. The van der Waals surface area contributed by atoms with Crippen molar-refractivity contribution in [3.63, 3.8) is 0 Å². The molecule has 0 fully saturated rings. The summed E-state index contributed by atoms with van der Waals surface area (Å²) in [6.07, 6.45) is 4.97. The summed E-state index contributed by atoms with van der Waals surface area (Å²) in [7, 11) is 0. The smallest absolute Gasteiger partial charge is 0.00456 e. The van der Waals surface area contributed by atoms with Crippen molar-refractivity contribution in [2.24, 2.45) is 17.6 Å². The van der Waals surface area contributed by atoms with Gasteiger partial charge < -0.3 is 5.73 Å². The zero-order valence-corrected chi connectivity index (χ0v) is 10.7. The molecule has 1 aromatic rings. The summed E-state index contributed by atoms with van der Waals surface area (Å²) in [4.78, 5) is 0. The summed E-state index contributed by atoms with van der Waals surface area (Å²) in [5.74, 6) is 1.49. The van der Waals surface area contributed by atoms with E-state index in [0.717, 1.165) is 18.9 Å². The van der Waals surface area contributed by atoms with Crippen LogP contribution in [0.2, 0.25) is 0 Å². The minimum absolute atomic E-state index is 0.646. The summed E-state index contributed by atoms with van der Waals surface area (Å²) in [5.41, 5.74) is 7.30. The van der Waals surface area contributed by atoms with Gasteiger partial charge >= 0.3 is 0 Å². The van der Waals surface area contributed by atoms with Crippen LogP contribution >= 0.6 is 0 Å². The second-order valence-electron chi connectivity index (χ2n) is 4.71. The maximum atomic E-state index is 5.88. The lowest BCUT2D eigenvalue weighted by molar-refractivity contribution is 0.356. The molecule has 0 saturated heterocycles. The van der Waals surface area contributed by atoms with Crippen LogP contribution in [-0.2, 0) is 6.42 Å². The van der Waals surface area contributed by atoms with Crippen molar-refractivity contribution in [2.45, 2.75) is 39.5 Å². The molecule has 0 heterocycles. The van der Waals surface area contributed by atoms with E-state index in [9.17, 15) is 0 Å². The molecular formula is C15H25N. The first-order chi connectivity index (χ1) is 7.80. The van der Waals surface area contributed by atoms with Crippen LogP contribution in [-0.4, -0.2) is 6.54 Å². The van der Waals surface area contributed by atoms with Gasteiger partial charge in [0.1, 0.15) is 0 Å². The van der Waals surface area contributed by atoms with Crippen LogP contribution in [0.4, 0.5) is 0 Å². The molecule has 2 N–H and O–H groups in total. The maximum Gasteiger partial charge on any atom is -0.00456 e. The number of hydrogen-bond acceptors (Lipinski definition) is 1. The predicted octanol–water partition coefficient (Wildman–Crippen LogP) is 3.63. The van der Waals surface area contributed by atoms with Gasteiger partial charge in [0.25, 0.3) is 0 Å². The van der Waals surface area contributed by atoms with Crippen LogP contribution in [0, 0.1) is 11.8 Å². The zero-order valence-electron chi connectivity index (χ0n) is 10.7. The van der Waals surface area contributed by atoms with Gasteiger partial charge in [-0.3, -0.25) is 0 Å². The molecule has 1 unspecified atom stereocenters. The quantitative estimate of drug-likeness (QED) is 0.744. The van der Waals surface area contributed by atoms with E-state index in [1.54, 1.807) is 0 Å². The molecule has 0 aliphatic rings. The van der Waals surface area contributed by atoms with Crippen molar-refractivity contribution in [1.82, 2.24) is 0 Å². The summed E-state index contributed by atoms with van der Waals surface area (Å²) < 4.78 is 0. The van der Waals surface area contributed by atoms with Crippen molar-refractivity contribution >= 4 is 0 Å². The van der Waals surface area contributed by atoms with E-state index in [4.69, 9.17) is 5.73 Å². The second kappa shape index (κ2) is 7.45. The predicted molar refractivity (Wildman–Crippen MR) is 71.4 cm³/mol. The van der Waals surface area contributed by atoms with Gasteiger partial charge in [0, 0.05) is 0 Å². The Labute approximate surface area is 100 Å². The Kier molecular flexibility index (Phi) is 6.17. The fraction of sp³-hybridized carbons (Fsp3) is 0.600.